The van der Waals surface area contributed by atoms with Crippen molar-refractivity contribution in [2.24, 2.45) is 4.99 Å². The fourth-order valence-corrected chi connectivity index (χ4v) is 2.69. The van der Waals surface area contributed by atoms with E-state index in [2.05, 4.69) is 39.9 Å². The zero-order valence-corrected chi connectivity index (χ0v) is 16.5. The third-order valence-electron chi connectivity index (χ3n) is 4.09. The highest BCUT2D eigenvalue weighted by molar-refractivity contribution is 5.79. The van der Waals surface area contributed by atoms with Crippen molar-refractivity contribution in [3.63, 3.8) is 0 Å². The molecule has 2 aromatic carbocycles. The maximum absolute atomic E-state index is 5.47. The van der Waals surface area contributed by atoms with Gasteiger partial charge in [-0.3, -0.25) is 0 Å². The van der Waals surface area contributed by atoms with Crippen LogP contribution >= 0.6 is 0 Å². The van der Waals surface area contributed by atoms with Crippen LogP contribution in [0.2, 0.25) is 0 Å². The van der Waals surface area contributed by atoms with Gasteiger partial charge in [0.15, 0.2) is 17.5 Å². The number of methoxy groups -OCH3 is 3. The Kier molecular flexibility index (Phi) is 8.29. The van der Waals surface area contributed by atoms with Gasteiger partial charge in [-0.05, 0) is 25.0 Å². The average molecular weight is 371 g/mol. The van der Waals surface area contributed by atoms with Crippen molar-refractivity contribution in [1.29, 1.82) is 0 Å². The summed E-state index contributed by atoms with van der Waals surface area (Å²) >= 11 is 0. The molecule has 2 rings (SSSR count). The number of nitrogens with zero attached hydrogens (tertiary/aromatic N) is 1. The Morgan fingerprint density at radius 3 is 2.19 bits per heavy atom. The predicted molar refractivity (Wildman–Crippen MR) is 109 cm³/mol. The molecule has 0 fully saturated rings. The topological polar surface area (TPSA) is 64.1 Å². The third-order valence-corrected chi connectivity index (χ3v) is 4.09. The third kappa shape index (κ3) is 6.09. The van der Waals surface area contributed by atoms with Crippen LogP contribution in [0.4, 0.5) is 0 Å². The van der Waals surface area contributed by atoms with Gasteiger partial charge in [0.1, 0.15) is 5.75 Å². The number of nitrogens with one attached hydrogen (secondary N) is 2. The molecule has 0 aliphatic carbocycles. The summed E-state index contributed by atoms with van der Waals surface area (Å²) in [5, 5.41) is 6.64. The van der Waals surface area contributed by atoms with Gasteiger partial charge >= 0.3 is 0 Å². The molecule has 146 valence electrons. The largest absolute Gasteiger partial charge is 0.496 e. The summed E-state index contributed by atoms with van der Waals surface area (Å²) in [5.74, 6) is 2.78. The Morgan fingerprint density at radius 1 is 0.889 bits per heavy atom. The molecule has 0 saturated carbocycles. The molecule has 0 atom stereocenters. The lowest BCUT2D eigenvalue weighted by Crippen LogP contribution is -2.38. The van der Waals surface area contributed by atoms with Gasteiger partial charge in [0.05, 0.1) is 27.9 Å². The minimum atomic E-state index is 0.462. The first-order valence-electron chi connectivity index (χ1n) is 9.06. The monoisotopic (exact) mass is 371 g/mol. The molecule has 2 N–H and O–H groups in total. The lowest BCUT2D eigenvalue weighted by molar-refractivity contribution is 0.347. The predicted octanol–water partition coefficient (Wildman–Crippen LogP) is 3.01. The average Bonchev–Trinajstić information content (AvgIpc) is 2.72. The molecule has 6 heteroatoms. The summed E-state index contributed by atoms with van der Waals surface area (Å²) in [4.78, 5) is 4.67. The summed E-state index contributed by atoms with van der Waals surface area (Å²) in [6.45, 7) is 4.11. The molecule has 0 spiro atoms. The van der Waals surface area contributed by atoms with E-state index in [4.69, 9.17) is 14.2 Å². The standard InChI is InChI=1S/C21H29N3O3/c1-5-22-21(23-12-11-16-9-7-6-8-10-16)24-15-17-13-19(26-3)20(27-4)14-18(17)25-2/h6-10,13-14H,5,11-12,15H2,1-4H3,(H2,22,23,24). The first kappa shape index (κ1) is 20.4. The second-order valence-electron chi connectivity index (χ2n) is 5.88. The summed E-state index contributed by atoms with van der Waals surface area (Å²) in [7, 11) is 4.86. The van der Waals surface area contributed by atoms with Crippen molar-refractivity contribution in [2.75, 3.05) is 34.4 Å². The second-order valence-corrected chi connectivity index (χ2v) is 5.88. The van der Waals surface area contributed by atoms with Gasteiger partial charge in [0, 0.05) is 24.7 Å². The first-order chi connectivity index (χ1) is 13.2. The quantitative estimate of drug-likeness (QED) is 0.524. The van der Waals surface area contributed by atoms with Crippen molar-refractivity contribution >= 4 is 5.96 Å². The van der Waals surface area contributed by atoms with E-state index in [9.17, 15) is 0 Å². The Labute approximate surface area is 161 Å². The van der Waals surface area contributed by atoms with Gasteiger partial charge in [-0.15, -0.1) is 0 Å². The van der Waals surface area contributed by atoms with Crippen molar-refractivity contribution in [3.05, 3.63) is 53.6 Å². The van der Waals surface area contributed by atoms with E-state index in [1.54, 1.807) is 21.3 Å². The molecule has 0 aliphatic heterocycles. The second kappa shape index (κ2) is 11.0. The normalized spacial score (nSPS) is 11.0. The highest BCUT2D eigenvalue weighted by atomic mass is 16.5. The van der Waals surface area contributed by atoms with Crippen molar-refractivity contribution in [1.82, 2.24) is 10.6 Å². The number of rotatable bonds is 9. The van der Waals surface area contributed by atoms with Crippen LogP contribution in [0.3, 0.4) is 0 Å². The highest BCUT2D eigenvalue weighted by Gasteiger charge is 2.11. The Morgan fingerprint density at radius 2 is 1.56 bits per heavy atom. The van der Waals surface area contributed by atoms with E-state index >= 15 is 0 Å². The van der Waals surface area contributed by atoms with Crippen molar-refractivity contribution in [2.45, 2.75) is 19.9 Å². The van der Waals surface area contributed by atoms with Crippen molar-refractivity contribution < 1.29 is 14.2 Å². The minimum Gasteiger partial charge on any atom is -0.496 e. The van der Waals surface area contributed by atoms with Crippen LogP contribution in [0, 0.1) is 0 Å². The van der Waals surface area contributed by atoms with Gasteiger partial charge < -0.3 is 24.8 Å². The van der Waals surface area contributed by atoms with Gasteiger partial charge in [-0.1, -0.05) is 30.3 Å². The molecule has 0 unspecified atom stereocenters. The molecule has 0 bridgehead atoms. The summed E-state index contributed by atoms with van der Waals surface area (Å²) < 4.78 is 16.2. The Hall–Kier alpha value is -2.89. The zero-order valence-electron chi connectivity index (χ0n) is 16.5. The van der Waals surface area contributed by atoms with Crippen LogP contribution in [0.15, 0.2) is 47.5 Å². The van der Waals surface area contributed by atoms with E-state index in [0.717, 1.165) is 36.8 Å². The van der Waals surface area contributed by atoms with E-state index < -0.39 is 0 Å². The van der Waals surface area contributed by atoms with E-state index in [-0.39, 0.29) is 0 Å². The molecular formula is C21H29N3O3. The molecular weight excluding hydrogens is 342 g/mol. The van der Waals surface area contributed by atoms with Crippen LogP contribution < -0.4 is 24.8 Å². The van der Waals surface area contributed by atoms with Gasteiger partial charge in [-0.2, -0.15) is 0 Å². The van der Waals surface area contributed by atoms with Crippen LogP contribution in [0.25, 0.3) is 0 Å². The highest BCUT2D eigenvalue weighted by Crippen LogP contribution is 2.34. The van der Waals surface area contributed by atoms with E-state index in [1.807, 2.05) is 25.1 Å². The summed E-state index contributed by atoms with van der Waals surface area (Å²) in [6.07, 6.45) is 0.935. The first-order valence-corrected chi connectivity index (χ1v) is 9.06. The molecule has 0 saturated heterocycles. The summed E-state index contributed by atoms with van der Waals surface area (Å²) in [6, 6.07) is 14.1. The molecule has 6 nitrogen and oxygen atoms in total. The van der Waals surface area contributed by atoms with E-state index in [0.29, 0.717) is 18.0 Å². The number of guanidine groups is 1. The van der Waals surface area contributed by atoms with Crippen LogP contribution in [0.5, 0.6) is 17.2 Å². The fourth-order valence-electron chi connectivity index (χ4n) is 2.69. The lowest BCUT2D eigenvalue weighted by Gasteiger charge is -2.14. The number of benzene rings is 2. The van der Waals surface area contributed by atoms with Gasteiger partial charge in [0.2, 0.25) is 0 Å². The maximum Gasteiger partial charge on any atom is 0.191 e. The number of hydrogen-bond acceptors (Lipinski definition) is 4. The smallest absolute Gasteiger partial charge is 0.191 e. The zero-order chi connectivity index (χ0) is 19.5. The van der Waals surface area contributed by atoms with Gasteiger partial charge in [0.25, 0.3) is 0 Å². The fraction of sp³-hybridized carbons (Fsp3) is 0.381. The van der Waals surface area contributed by atoms with E-state index in [1.165, 1.54) is 5.56 Å². The Bertz CT molecular complexity index is 733. The minimum absolute atomic E-state index is 0.462. The van der Waals surface area contributed by atoms with Crippen LogP contribution in [-0.4, -0.2) is 40.4 Å². The molecule has 0 aliphatic rings. The SMILES string of the molecule is CCNC(=NCc1cc(OC)c(OC)cc1OC)NCCc1ccccc1. The number of ether oxygens (including phenoxy) is 3. The van der Waals surface area contributed by atoms with Crippen LogP contribution in [-0.2, 0) is 13.0 Å². The molecule has 0 aromatic heterocycles. The Balaban J connectivity index is 2.06. The molecule has 0 amide bonds. The summed E-state index contributed by atoms with van der Waals surface area (Å²) in [5.41, 5.74) is 2.22. The number of hydrogen-bond donors (Lipinski definition) is 2. The van der Waals surface area contributed by atoms with Gasteiger partial charge in [-0.25, -0.2) is 4.99 Å². The maximum atomic E-state index is 5.47. The molecule has 0 radical (unpaired) electrons. The van der Waals surface area contributed by atoms with Crippen molar-refractivity contribution in [3.8, 4) is 17.2 Å². The van der Waals surface area contributed by atoms with Crippen LogP contribution in [0.1, 0.15) is 18.1 Å². The molecule has 27 heavy (non-hydrogen) atoms. The molecule has 2 aromatic rings. The number of aliphatic imine (C=N–C) groups is 1. The molecule has 0 heterocycles. The lowest BCUT2D eigenvalue weighted by atomic mass is 10.1.